The van der Waals surface area contributed by atoms with E-state index in [1.807, 2.05) is 6.07 Å². The fourth-order valence-corrected chi connectivity index (χ4v) is 1.20. The van der Waals surface area contributed by atoms with Crippen LogP contribution in [0.3, 0.4) is 0 Å². The highest BCUT2D eigenvalue weighted by atomic mass is 16.1. The summed E-state index contributed by atoms with van der Waals surface area (Å²) in [5.74, 6) is 0.640. The normalized spacial score (nSPS) is 10.9. The van der Waals surface area contributed by atoms with Crippen molar-refractivity contribution in [1.29, 1.82) is 0 Å². The molecule has 0 fully saturated rings. The zero-order valence-corrected chi connectivity index (χ0v) is 9.08. The number of aromatic nitrogens is 1. The van der Waals surface area contributed by atoms with Gasteiger partial charge in [-0.15, -0.1) is 0 Å². The van der Waals surface area contributed by atoms with Crippen molar-refractivity contribution in [2.75, 3.05) is 6.54 Å². The topological polar surface area (TPSA) is 34.0 Å². The van der Waals surface area contributed by atoms with E-state index in [1.54, 1.807) is 23.9 Å². The minimum Gasteiger partial charge on any atom is -0.319 e. The average molecular weight is 194 g/mol. The van der Waals surface area contributed by atoms with Crippen molar-refractivity contribution < 1.29 is 0 Å². The van der Waals surface area contributed by atoms with Gasteiger partial charge < -0.3 is 9.88 Å². The van der Waals surface area contributed by atoms with E-state index in [-0.39, 0.29) is 5.56 Å². The second-order valence-corrected chi connectivity index (χ2v) is 4.01. The van der Waals surface area contributed by atoms with E-state index in [9.17, 15) is 4.79 Å². The highest BCUT2D eigenvalue weighted by molar-refractivity contribution is 5.10. The first-order valence-corrected chi connectivity index (χ1v) is 4.96. The lowest BCUT2D eigenvalue weighted by molar-refractivity contribution is 0.551. The number of rotatable bonds is 4. The molecule has 0 aliphatic heterocycles. The summed E-state index contributed by atoms with van der Waals surface area (Å²) in [5.41, 5.74) is 1.10. The molecule has 0 bridgehead atoms. The van der Waals surface area contributed by atoms with Crippen molar-refractivity contribution in [3.8, 4) is 0 Å². The summed E-state index contributed by atoms with van der Waals surface area (Å²) >= 11 is 0. The maximum Gasteiger partial charge on any atom is 0.250 e. The molecule has 1 aromatic rings. The quantitative estimate of drug-likeness (QED) is 0.779. The van der Waals surface area contributed by atoms with E-state index in [2.05, 4.69) is 19.2 Å². The zero-order valence-electron chi connectivity index (χ0n) is 9.08. The van der Waals surface area contributed by atoms with Gasteiger partial charge in [0.25, 0.3) is 5.56 Å². The molecule has 1 N–H and O–H groups in total. The van der Waals surface area contributed by atoms with Crippen molar-refractivity contribution in [3.63, 3.8) is 0 Å². The van der Waals surface area contributed by atoms with Crippen molar-refractivity contribution in [2.24, 2.45) is 13.0 Å². The molecule has 0 amide bonds. The summed E-state index contributed by atoms with van der Waals surface area (Å²) < 4.78 is 1.58. The Morgan fingerprint density at radius 2 is 2.21 bits per heavy atom. The Balaban J connectivity index is 2.52. The Labute approximate surface area is 84.8 Å². The lowest BCUT2D eigenvalue weighted by Crippen LogP contribution is -2.21. The SMILES string of the molecule is CC(C)CNCc1ccn(C)c(=O)c1. The predicted molar refractivity (Wildman–Crippen MR) is 58.2 cm³/mol. The van der Waals surface area contributed by atoms with Gasteiger partial charge in [0.2, 0.25) is 0 Å². The van der Waals surface area contributed by atoms with E-state index in [0.29, 0.717) is 5.92 Å². The molecular weight excluding hydrogens is 176 g/mol. The van der Waals surface area contributed by atoms with Gasteiger partial charge >= 0.3 is 0 Å². The summed E-state index contributed by atoms with van der Waals surface area (Å²) in [4.78, 5) is 11.3. The van der Waals surface area contributed by atoms with Crippen LogP contribution in [0.1, 0.15) is 19.4 Å². The van der Waals surface area contributed by atoms with Gasteiger partial charge in [-0.05, 0) is 24.1 Å². The molecule has 1 heterocycles. The van der Waals surface area contributed by atoms with Crippen LogP contribution in [0.5, 0.6) is 0 Å². The number of nitrogens with zero attached hydrogens (tertiary/aromatic N) is 1. The summed E-state index contributed by atoms with van der Waals surface area (Å²) in [6.45, 7) is 6.08. The predicted octanol–water partition coefficient (Wildman–Crippen LogP) is 1.13. The number of hydrogen-bond donors (Lipinski definition) is 1. The van der Waals surface area contributed by atoms with Crippen LogP contribution in [0.2, 0.25) is 0 Å². The third-order valence-electron chi connectivity index (χ3n) is 2.05. The smallest absolute Gasteiger partial charge is 0.250 e. The summed E-state index contributed by atoms with van der Waals surface area (Å²) in [6, 6.07) is 3.64. The van der Waals surface area contributed by atoms with Gasteiger partial charge in [-0.25, -0.2) is 0 Å². The minimum atomic E-state index is 0.0499. The Bertz CT molecular complexity index is 341. The van der Waals surface area contributed by atoms with Crippen LogP contribution in [-0.2, 0) is 13.6 Å². The molecule has 1 rings (SSSR count). The molecule has 0 atom stereocenters. The molecule has 0 aliphatic carbocycles. The van der Waals surface area contributed by atoms with Crippen molar-refractivity contribution in [2.45, 2.75) is 20.4 Å². The zero-order chi connectivity index (χ0) is 10.6. The van der Waals surface area contributed by atoms with Crippen LogP contribution in [0.25, 0.3) is 0 Å². The molecule has 0 unspecified atom stereocenters. The second-order valence-electron chi connectivity index (χ2n) is 4.01. The molecule has 14 heavy (non-hydrogen) atoms. The molecule has 1 aromatic heterocycles. The monoisotopic (exact) mass is 194 g/mol. The lowest BCUT2D eigenvalue weighted by atomic mass is 10.2. The van der Waals surface area contributed by atoms with E-state index >= 15 is 0 Å². The molecule has 0 saturated heterocycles. The van der Waals surface area contributed by atoms with Crippen LogP contribution < -0.4 is 10.9 Å². The molecule has 78 valence electrons. The van der Waals surface area contributed by atoms with Gasteiger partial charge in [0, 0.05) is 25.9 Å². The highest BCUT2D eigenvalue weighted by Crippen LogP contribution is 1.94. The van der Waals surface area contributed by atoms with Crippen LogP contribution in [0.15, 0.2) is 23.1 Å². The number of pyridine rings is 1. The Morgan fingerprint density at radius 3 is 2.79 bits per heavy atom. The second kappa shape index (κ2) is 4.96. The van der Waals surface area contributed by atoms with Gasteiger partial charge in [-0.1, -0.05) is 13.8 Å². The number of hydrogen-bond acceptors (Lipinski definition) is 2. The summed E-state index contributed by atoms with van der Waals surface area (Å²) in [5, 5.41) is 3.30. The maximum atomic E-state index is 11.3. The molecular formula is C11H18N2O. The molecule has 3 nitrogen and oxygen atoms in total. The molecule has 0 aromatic carbocycles. The Hall–Kier alpha value is -1.09. The molecule has 0 radical (unpaired) electrons. The fourth-order valence-electron chi connectivity index (χ4n) is 1.20. The number of aryl methyl sites for hydroxylation is 1. The Morgan fingerprint density at radius 1 is 1.50 bits per heavy atom. The first-order chi connectivity index (χ1) is 6.59. The maximum absolute atomic E-state index is 11.3. The van der Waals surface area contributed by atoms with E-state index in [4.69, 9.17) is 0 Å². The third kappa shape index (κ3) is 3.34. The first kappa shape index (κ1) is 11.0. The van der Waals surface area contributed by atoms with Crippen molar-refractivity contribution in [1.82, 2.24) is 9.88 Å². The summed E-state index contributed by atoms with van der Waals surface area (Å²) in [7, 11) is 1.76. The molecule has 0 spiro atoms. The minimum absolute atomic E-state index is 0.0499. The highest BCUT2D eigenvalue weighted by Gasteiger charge is 1.96. The molecule has 0 saturated carbocycles. The lowest BCUT2D eigenvalue weighted by Gasteiger charge is -2.07. The molecule has 3 heteroatoms. The van der Waals surface area contributed by atoms with Gasteiger partial charge in [-0.3, -0.25) is 4.79 Å². The van der Waals surface area contributed by atoms with E-state index in [0.717, 1.165) is 18.7 Å². The third-order valence-corrected chi connectivity index (χ3v) is 2.05. The van der Waals surface area contributed by atoms with Crippen LogP contribution in [-0.4, -0.2) is 11.1 Å². The van der Waals surface area contributed by atoms with Crippen LogP contribution >= 0.6 is 0 Å². The van der Waals surface area contributed by atoms with Crippen molar-refractivity contribution in [3.05, 3.63) is 34.2 Å². The van der Waals surface area contributed by atoms with Crippen LogP contribution in [0, 0.1) is 5.92 Å². The Kier molecular flexibility index (Phi) is 3.89. The van der Waals surface area contributed by atoms with Crippen molar-refractivity contribution >= 4 is 0 Å². The fraction of sp³-hybridized carbons (Fsp3) is 0.545. The standard InChI is InChI=1S/C11H18N2O/c1-9(2)7-12-8-10-4-5-13(3)11(14)6-10/h4-6,9,12H,7-8H2,1-3H3. The van der Waals surface area contributed by atoms with Crippen LogP contribution in [0.4, 0.5) is 0 Å². The van der Waals surface area contributed by atoms with E-state index < -0.39 is 0 Å². The largest absolute Gasteiger partial charge is 0.319 e. The van der Waals surface area contributed by atoms with Gasteiger partial charge in [0.15, 0.2) is 0 Å². The number of nitrogens with one attached hydrogen (secondary N) is 1. The summed E-state index contributed by atoms with van der Waals surface area (Å²) in [6.07, 6.45) is 1.80. The molecule has 0 aliphatic rings. The first-order valence-electron chi connectivity index (χ1n) is 4.96. The van der Waals surface area contributed by atoms with Gasteiger partial charge in [0.1, 0.15) is 0 Å². The average Bonchev–Trinajstić information content (AvgIpc) is 2.10. The van der Waals surface area contributed by atoms with E-state index in [1.165, 1.54) is 0 Å². The van der Waals surface area contributed by atoms with Gasteiger partial charge in [-0.2, -0.15) is 0 Å². The van der Waals surface area contributed by atoms with Gasteiger partial charge in [0.05, 0.1) is 0 Å².